The topological polar surface area (TPSA) is 110 Å². The van der Waals surface area contributed by atoms with Crippen LogP contribution in [0.2, 0.25) is 0 Å². The molecule has 2 N–H and O–H groups in total. The van der Waals surface area contributed by atoms with Gasteiger partial charge in [-0.05, 0) is 12.5 Å². The SMILES string of the molecule is Cc1cc(NC(=O)Cc2ccccc2)n(-c2nc3c(cnn3C)c(=O)[nH]2)n1. The third-order valence-corrected chi connectivity index (χ3v) is 4.10. The Morgan fingerprint density at radius 2 is 2.04 bits per heavy atom. The van der Waals surface area contributed by atoms with Gasteiger partial charge in [0.05, 0.1) is 18.3 Å². The molecule has 0 bridgehead atoms. The van der Waals surface area contributed by atoms with Gasteiger partial charge >= 0.3 is 0 Å². The maximum Gasteiger partial charge on any atom is 0.263 e. The number of rotatable bonds is 4. The minimum Gasteiger partial charge on any atom is -0.310 e. The largest absolute Gasteiger partial charge is 0.310 e. The van der Waals surface area contributed by atoms with Crippen molar-refractivity contribution in [3.63, 3.8) is 0 Å². The van der Waals surface area contributed by atoms with Crippen LogP contribution in [0.15, 0.2) is 47.4 Å². The smallest absolute Gasteiger partial charge is 0.263 e. The van der Waals surface area contributed by atoms with E-state index >= 15 is 0 Å². The highest BCUT2D eigenvalue weighted by Gasteiger charge is 2.15. The lowest BCUT2D eigenvalue weighted by Gasteiger charge is -2.08. The van der Waals surface area contributed by atoms with Gasteiger partial charge in [0.25, 0.3) is 5.56 Å². The van der Waals surface area contributed by atoms with Crippen LogP contribution in [-0.4, -0.2) is 35.4 Å². The van der Waals surface area contributed by atoms with Crippen LogP contribution in [0.25, 0.3) is 17.0 Å². The number of fused-ring (bicyclic) bond motifs is 1. The Morgan fingerprint density at radius 1 is 1.26 bits per heavy atom. The van der Waals surface area contributed by atoms with E-state index in [9.17, 15) is 9.59 Å². The fourth-order valence-electron chi connectivity index (χ4n) is 2.84. The molecule has 9 nitrogen and oxygen atoms in total. The predicted octanol–water partition coefficient (Wildman–Crippen LogP) is 1.33. The predicted molar refractivity (Wildman–Crippen MR) is 99.8 cm³/mol. The van der Waals surface area contributed by atoms with Crippen LogP contribution in [0, 0.1) is 6.92 Å². The Balaban J connectivity index is 1.68. The summed E-state index contributed by atoms with van der Waals surface area (Å²) in [6.07, 6.45) is 1.69. The van der Waals surface area contributed by atoms with Crippen molar-refractivity contribution in [3.05, 3.63) is 64.2 Å². The summed E-state index contributed by atoms with van der Waals surface area (Å²) in [6, 6.07) is 11.2. The number of hydrogen-bond acceptors (Lipinski definition) is 5. The molecule has 4 rings (SSSR count). The highest BCUT2D eigenvalue weighted by atomic mass is 16.1. The first-order valence-corrected chi connectivity index (χ1v) is 8.34. The summed E-state index contributed by atoms with van der Waals surface area (Å²) in [5.41, 5.74) is 1.69. The standard InChI is InChI=1S/C18H17N7O2/c1-11-8-14(20-15(26)9-12-6-4-3-5-7-12)25(23-11)18-21-16-13(17(27)22-18)10-19-24(16)2/h3-8,10H,9H2,1-2H3,(H,20,26)(H,21,22,27). The van der Waals surface area contributed by atoms with E-state index in [1.807, 2.05) is 30.3 Å². The molecule has 0 aliphatic rings. The van der Waals surface area contributed by atoms with Crippen LogP contribution in [0.4, 0.5) is 5.82 Å². The van der Waals surface area contributed by atoms with E-state index in [0.717, 1.165) is 5.56 Å². The number of carbonyl (C=O) groups is 1. The van der Waals surface area contributed by atoms with E-state index in [2.05, 4.69) is 25.5 Å². The molecule has 136 valence electrons. The Kier molecular flexibility index (Phi) is 4.03. The number of hydrogen-bond donors (Lipinski definition) is 2. The van der Waals surface area contributed by atoms with Gasteiger partial charge in [-0.15, -0.1) is 0 Å². The molecule has 0 saturated carbocycles. The van der Waals surface area contributed by atoms with E-state index in [4.69, 9.17) is 0 Å². The van der Waals surface area contributed by atoms with Gasteiger partial charge in [-0.1, -0.05) is 30.3 Å². The molecule has 0 aliphatic carbocycles. The molecular weight excluding hydrogens is 346 g/mol. The van der Waals surface area contributed by atoms with Crippen LogP contribution in [0.1, 0.15) is 11.3 Å². The molecule has 0 saturated heterocycles. The zero-order valence-corrected chi connectivity index (χ0v) is 14.8. The second-order valence-corrected chi connectivity index (χ2v) is 6.19. The van der Waals surface area contributed by atoms with Crippen LogP contribution in [0.3, 0.4) is 0 Å². The molecule has 3 heterocycles. The average Bonchev–Trinajstić information content (AvgIpc) is 3.19. The molecule has 4 aromatic rings. The van der Waals surface area contributed by atoms with Gasteiger partial charge < -0.3 is 5.32 Å². The maximum absolute atomic E-state index is 12.4. The maximum atomic E-state index is 12.4. The highest BCUT2D eigenvalue weighted by Crippen LogP contribution is 2.16. The lowest BCUT2D eigenvalue weighted by atomic mass is 10.1. The second-order valence-electron chi connectivity index (χ2n) is 6.19. The summed E-state index contributed by atoms with van der Waals surface area (Å²) in [4.78, 5) is 31.8. The van der Waals surface area contributed by atoms with Crippen LogP contribution >= 0.6 is 0 Å². The number of H-pyrrole nitrogens is 1. The van der Waals surface area contributed by atoms with Crippen molar-refractivity contribution < 1.29 is 4.79 Å². The van der Waals surface area contributed by atoms with E-state index in [1.54, 1.807) is 20.0 Å². The van der Waals surface area contributed by atoms with Gasteiger partial charge in [0.2, 0.25) is 11.9 Å². The number of aromatic amines is 1. The number of benzene rings is 1. The first-order chi connectivity index (χ1) is 13.0. The summed E-state index contributed by atoms with van der Waals surface area (Å²) in [6.45, 7) is 1.80. The molecule has 27 heavy (non-hydrogen) atoms. The summed E-state index contributed by atoms with van der Waals surface area (Å²) in [5.74, 6) is 0.448. The number of amides is 1. The zero-order chi connectivity index (χ0) is 19.0. The number of aryl methyl sites for hydroxylation is 2. The summed E-state index contributed by atoms with van der Waals surface area (Å²) in [7, 11) is 1.70. The number of nitrogens with zero attached hydrogens (tertiary/aromatic N) is 5. The van der Waals surface area contributed by atoms with Gasteiger partial charge in [0.15, 0.2) is 5.65 Å². The first-order valence-electron chi connectivity index (χ1n) is 8.34. The molecule has 0 radical (unpaired) electrons. The fraction of sp³-hybridized carbons (Fsp3) is 0.167. The average molecular weight is 363 g/mol. The van der Waals surface area contributed by atoms with Crippen LogP contribution < -0.4 is 10.9 Å². The minimum absolute atomic E-state index is 0.189. The molecule has 0 fully saturated rings. The van der Waals surface area contributed by atoms with Gasteiger partial charge in [0, 0.05) is 13.1 Å². The van der Waals surface area contributed by atoms with Gasteiger partial charge in [-0.2, -0.15) is 19.9 Å². The Labute approximate surface area is 153 Å². The fourth-order valence-corrected chi connectivity index (χ4v) is 2.84. The molecule has 1 aromatic carbocycles. The van der Waals surface area contributed by atoms with E-state index in [-0.39, 0.29) is 23.8 Å². The van der Waals surface area contributed by atoms with E-state index < -0.39 is 0 Å². The van der Waals surface area contributed by atoms with Crippen molar-refractivity contribution >= 4 is 22.8 Å². The third kappa shape index (κ3) is 3.22. The highest BCUT2D eigenvalue weighted by molar-refractivity contribution is 5.91. The number of nitrogens with one attached hydrogen (secondary N) is 2. The van der Waals surface area contributed by atoms with E-state index in [0.29, 0.717) is 22.5 Å². The number of aromatic nitrogens is 6. The van der Waals surface area contributed by atoms with Crippen molar-refractivity contribution in [1.29, 1.82) is 0 Å². The van der Waals surface area contributed by atoms with Crippen molar-refractivity contribution in [2.75, 3.05) is 5.32 Å². The third-order valence-electron chi connectivity index (χ3n) is 4.10. The van der Waals surface area contributed by atoms with Crippen molar-refractivity contribution in [3.8, 4) is 5.95 Å². The first kappa shape index (κ1) is 16.7. The molecular formula is C18H17N7O2. The molecule has 0 unspecified atom stereocenters. The quantitative estimate of drug-likeness (QED) is 0.568. The van der Waals surface area contributed by atoms with Gasteiger partial charge in [-0.3, -0.25) is 19.3 Å². The zero-order valence-electron chi connectivity index (χ0n) is 14.8. The Bertz CT molecular complexity index is 1190. The summed E-state index contributed by atoms with van der Waals surface area (Å²) >= 11 is 0. The lowest BCUT2D eigenvalue weighted by molar-refractivity contribution is -0.115. The van der Waals surface area contributed by atoms with Gasteiger partial charge in [0.1, 0.15) is 11.2 Å². The molecule has 9 heteroatoms. The lowest BCUT2D eigenvalue weighted by Crippen LogP contribution is -2.20. The van der Waals surface area contributed by atoms with E-state index in [1.165, 1.54) is 15.6 Å². The van der Waals surface area contributed by atoms with Crippen molar-refractivity contribution in [2.24, 2.45) is 7.05 Å². The second kappa shape index (κ2) is 6.52. The monoisotopic (exact) mass is 363 g/mol. The molecule has 1 amide bonds. The number of carbonyl (C=O) groups excluding carboxylic acids is 1. The molecule has 0 spiro atoms. The van der Waals surface area contributed by atoms with Crippen LogP contribution in [0.5, 0.6) is 0 Å². The molecule has 3 aromatic heterocycles. The molecule has 0 atom stereocenters. The van der Waals surface area contributed by atoms with Gasteiger partial charge in [-0.25, -0.2) is 0 Å². The number of anilines is 1. The summed E-state index contributed by atoms with van der Waals surface area (Å²) in [5, 5.41) is 11.6. The Hall–Kier alpha value is -3.75. The van der Waals surface area contributed by atoms with Crippen LogP contribution in [-0.2, 0) is 18.3 Å². The van der Waals surface area contributed by atoms with Crippen molar-refractivity contribution in [1.82, 2.24) is 29.5 Å². The molecule has 0 aliphatic heterocycles. The minimum atomic E-state index is -0.321. The normalized spacial score (nSPS) is 11.0. The summed E-state index contributed by atoms with van der Waals surface area (Å²) < 4.78 is 2.92. The van der Waals surface area contributed by atoms with Crippen molar-refractivity contribution in [2.45, 2.75) is 13.3 Å². The Morgan fingerprint density at radius 3 is 2.81 bits per heavy atom.